The molecule has 2 saturated heterocycles. The van der Waals surface area contributed by atoms with Crippen molar-refractivity contribution in [1.82, 2.24) is 14.6 Å². The number of nitrogens with one attached hydrogen (secondary N) is 2. The highest BCUT2D eigenvalue weighted by Gasteiger charge is 2.59. The van der Waals surface area contributed by atoms with Gasteiger partial charge in [-0.3, -0.25) is 28.2 Å². The van der Waals surface area contributed by atoms with Gasteiger partial charge in [0.1, 0.15) is 23.9 Å². The first-order chi connectivity index (χ1) is 14.2. The van der Waals surface area contributed by atoms with Gasteiger partial charge in [-0.2, -0.15) is 0 Å². The van der Waals surface area contributed by atoms with E-state index in [2.05, 4.69) is 10.1 Å². The molecule has 0 radical (unpaired) electrons. The summed E-state index contributed by atoms with van der Waals surface area (Å²) >= 11 is 5.15. The molecule has 13 heteroatoms. The molecule has 31 heavy (non-hydrogen) atoms. The molecule has 11 nitrogen and oxygen atoms in total. The van der Waals surface area contributed by atoms with Gasteiger partial charge >= 0.3 is 13.7 Å². The number of aromatic amines is 1. The van der Waals surface area contributed by atoms with Crippen LogP contribution in [0.2, 0.25) is 0 Å². The molecule has 174 valence electrons. The Morgan fingerprint density at radius 2 is 2.23 bits per heavy atom. The fourth-order valence-corrected chi connectivity index (χ4v) is 5.30. The van der Waals surface area contributed by atoms with Crippen LogP contribution in [0.4, 0.5) is 0 Å². The zero-order valence-electron chi connectivity index (χ0n) is 18.0. The largest absolute Gasteiger partial charge is 0.464 e. The van der Waals surface area contributed by atoms with Crippen LogP contribution in [0.25, 0.3) is 0 Å². The number of carbonyl (C=O) groups excluding carboxylic acids is 1. The highest BCUT2D eigenvalue weighted by molar-refractivity contribution is 7.71. The standard InChI is InChI=1S/C18H28N3O8PS/c1-10(14(23)26-9-17(2,3)4)20-30(25)27-8-11-13(29-30)18(5,24)15(28-11)21-7-6-12(22)19-16(21)31/h6-7,10-11,13,15,24H,8-9H2,1-5H3,(H,20,25)(H,19,22,31)/t10-,11+,13?,15+,18?,30?/m0/s1. The molecule has 0 saturated carbocycles. The van der Waals surface area contributed by atoms with Crippen LogP contribution in [0.5, 0.6) is 0 Å². The van der Waals surface area contributed by atoms with Crippen molar-refractivity contribution in [2.24, 2.45) is 5.41 Å². The molecule has 0 amide bonds. The van der Waals surface area contributed by atoms with Crippen LogP contribution in [-0.4, -0.2) is 57.7 Å². The number of ether oxygens (including phenoxy) is 2. The molecular formula is C18H28N3O8PS. The summed E-state index contributed by atoms with van der Waals surface area (Å²) in [5, 5.41) is 13.7. The predicted octanol–water partition coefficient (Wildman–Crippen LogP) is 1.65. The van der Waals surface area contributed by atoms with Crippen LogP contribution in [0.1, 0.15) is 40.8 Å². The maximum absolute atomic E-state index is 13.1. The summed E-state index contributed by atoms with van der Waals surface area (Å²) in [4.78, 5) is 26.1. The normalized spacial score (nSPS) is 34.2. The summed E-state index contributed by atoms with van der Waals surface area (Å²) in [6.07, 6.45) is -1.42. The third-order valence-electron chi connectivity index (χ3n) is 4.84. The summed E-state index contributed by atoms with van der Waals surface area (Å²) < 4.78 is 36.6. The highest BCUT2D eigenvalue weighted by Crippen LogP contribution is 2.55. The Balaban J connectivity index is 1.73. The van der Waals surface area contributed by atoms with E-state index in [9.17, 15) is 19.3 Å². The number of aliphatic hydroxyl groups is 1. The number of carbonyl (C=O) groups is 1. The number of hydrogen-bond donors (Lipinski definition) is 3. The van der Waals surface area contributed by atoms with Crippen molar-refractivity contribution in [3.63, 3.8) is 0 Å². The Labute approximate surface area is 184 Å². The molecule has 2 aliphatic rings. The SMILES string of the molecule is C[C@H](NP1(=O)OC[C@H]2O[C@@H](n3ccc(=O)[nH]c3=S)C(C)(O)C2O1)C(=O)OCC(C)(C)C. The fourth-order valence-electron chi connectivity index (χ4n) is 3.27. The van der Waals surface area contributed by atoms with Gasteiger partial charge in [0.25, 0.3) is 5.56 Å². The minimum Gasteiger partial charge on any atom is -0.464 e. The van der Waals surface area contributed by atoms with Crippen molar-refractivity contribution < 1.29 is 33.0 Å². The molecule has 1 aromatic rings. The summed E-state index contributed by atoms with van der Waals surface area (Å²) in [6, 6.07) is 0.270. The first kappa shape index (κ1) is 24.2. The predicted molar refractivity (Wildman–Crippen MR) is 112 cm³/mol. The summed E-state index contributed by atoms with van der Waals surface area (Å²) in [5.74, 6) is -0.605. The third-order valence-corrected chi connectivity index (χ3v) is 6.85. The van der Waals surface area contributed by atoms with E-state index in [1.54, 1.807) is 0 Å². The average molecular weight is 477 g/mol. The quantitative estimate of drug-likeness (QED) is 0.326. The topological polar surface area (TPSA) is 141 Å². The summed E-state index contributed by atoms with van der Waals surface area (Å²) in [5.41, 5.74) is -2.28. The Kier molecular flexibility index (Phi) is 6.66. The number of rotatable bonds is 5. The minimum absolute atomic E-state index is 0.0499. The number of hydrogen-bond acceptors (Lipinski definition) is 9. The fraction of sp³-hybridized carbons (Fsp3) is 0.722. The van der Waals surface area contributed by atoms with Gasteiger partial charge in [-0.15, -0.1) is 0 Å². The Bertz CT molecular complexity index is 1000. The van der Waals surface area contributed by atoms with Gasteiger partial charge in [-0.25, -0.2) is 9.65 Å². The lowest BCUT2D eigenvalue weighted by molar-refractivity contribution is -0.148. The van der Waals surface area contributed by atoms with Crippen LogP contribution in [0.15, 0.2) is 17.1 Å². The summed E-state index contributed by atoms with van der Waals surface area (Å²) in [7, 11) is -3.96. The van der Waals surface area contributed by atoms with Gasteiger partial charge in [-0.1, -0.05) is 20.8 Å². The van der Waals surface area contributed by atoms with E-state index in [0.717, 1.165) is 0 Å². The Morgan fingerprint density at radius 3 is 2.84 bits per heavy atom. The molecule has 0 bridgehead atoms. The molecule has 3 unspecified atom stereocenters. The molecule has 2 fully saturated rings. The van der Waals surface area contributed by atoms with Crippen LogP contribution < -0.4 is 10.6 Å². The lowest BCUT2D eigenvalue weighted by Crippen LogP contribution is -2.49. The number of aromatic nitrogens is 2. The van der Waals surface area contributed by atoms with Gasteiger partial charge < -0.3 is 14.6 Å². The monoisotopic (exact) mass is 477 g/mol. The van der Waals surface area contributed by atoms with E-state index in [4.69, 9.17) is 30.7 Å². The second-order valence-corrected chi connectivity index (χ2v) is 11.2. The second kappa shape index (κ2) is 8.51. The van der Waals surface area contributed by atoms with Crippen LogP contribution >= 0.6 is 20.0 Å². The molecule has 0 spiro atoms. The molecule has 3 rings (SSSR count). The first-order valence-corrected chi connectivity index (χ1v) is 11.7. The van der Waals surface area contributed by atoms with Crippen molar-refractivity contribution in [2.75, 3.05) is 13.2 Å². The molecule has 6 atom stereocenters. The summed E-state index contributed by atoms with van der Waals surface area (Å²) in [6.45, 7) is 8.73. The second-order valence-electron chi connectivity index (χ2n) is 9.11. The number of nitrogens with zero attached hydrogens (tertiary/aromatic N) is 1. The molecule has 2 aliphatic heterocycles. The molecule has 3 heterocycles. The van der Waals surface area contributed by atoms with E-state index in [1.165, 1.54) is 30.7 Å². The van der Waals surface area contributed by atoms with E-state index in [0.29, 0.717) is 0 Å². The average Bonchev–Trinajstić information content (AvgIpc) is 2.89. The zero-order chi connectivity index (χ0) is 23.2. The number of H-pyrrole nitrogens is 1. The van der Waals surface area contributed by atoms with E-state index in [1.807, 2.05) is 20.8 Å². The zero-order valence-corrected chi connectivity index (χ0v) is 19.7. The van der Waals surface area contributed by atoms with Gasteiger partial charge in [0, 0.05) is 12.3 Å². The van der Waals surface area contributed by atoms with Crippen molar-refractivity contribution >= 4 is 25.9 Å². The molecule has 3 N–H and O–H groups in total. The molecule has 0 aromatic carbocycles. The lowest BCUT2D eigenvalue weighted by Gasteiger charge is -2.36. The molecule has 0 aliphatic carbocycles. The van der Waals surface area contributed by atoms with Crippen molar-refractivity contribution in [1.29, 1.82) is 0 Å². The van der Waals surface area contributed by atoms with Crippen LogP contribution in [-0.2, 0) is 27.9 Å². The maximum atomic E-state index is 13.1. The Morgan fingerprint density at radius 1 is 1.55 bits per heavy atom. The van der Waals surface area contributed by atoms with Gasteiger partial charge in [0.05, 0.1) is 13.2 Å². The highest BCUT2D eigenvalue weighted by atomic mass is 32.1. The number of fused-ring (bicyclic) bond motifs is 1. The van der Waals surface area contributed by atoms with Crippen molar-refractivity contribution in [3.05, 3.63) is 27.4 Å². The molecule has 1 aromatic heterocycles. The van der Waals surface area contributed by atoms with Crippen LogP contribution in [0.3, 0.4) is 0 Å². The number of esters is 1. The van der Waals surface area contributed by atoms with Gasteiger partial charge in [0.15, 0.2) is 11.0 Å². The molecular weight excluding hydrogens is 449 g/mol. The lowest BCUT2D eigenvalue weighted by atomic mass is 9.96. The van der Waals surface area contributed by atoms with E-state index in [-0.39, 0.29) is 23.4 Å². The van der Waals surface area contributed by atoms with Crippen LogP contribution in [0, 0.1) is 10.2 Å². The minimum atomic E-state index is -3.96. The Hall–Kier alpha value is -1.40. The third kappa shape index (κ3) is 5.33. The van der Waals surface area contributed by atoms with E-state index < -0.39 is 49.4 Å². The van der Waals surface area contributed by atoms with Crippen molar-refractivity contribution in [3.8, 4) is 0 Å². The maximum Gasteiger partial charge on any atom is 0.406 e. The smallest absolute Gasteiger partial charge is 0.406 e. The van der Waals surface area contributed by atoms with Gasteiger partial charge in [-0.05, 0) is 31.5 Å². The van der Waals surface area contributed by atoms with E-state index >= 15 is 0 Å². The van der Waals surface area contributed by atoms with Crippen molar-refractivity contribution in [2.45, 2.75) is 64.7 Å². The first-order valence-electron chi connectivity index (χ1n) is 9.79. The van der Waals surface area contributed by atoms with Gasteiger partial charge in [0.2, 0.25) is 0 Å².